The van der Waals surface area contributed by atoms with Gasteiger partial charge in [0.25, 0.3) is 0 Å². The lowest BCUT2D eigenvalue weighted by molar-refractivity contribution is 0.00578. The smallest absolute Gasteiger partial charge is 0.399 e. The lowest BCUT2D eigenvalue weighted by atomic mass is 9.79. The molecule has 6 aromatic carbocycles. The Kier molecular flexibility index (Phi) is 12.0. The first-order valence-electron chi connectivity index (χ1n) is 26.0. The highest BCUT2D eigenvalue weighted by Crippen LogP contribution is 2.38. The zero-order valence-electron chi connectivity index (χ0n) is 45.9. The second-order valence-corrected chi connectivity index (χ2v) is 21.4. The molecule has 11 rings (SSSR count). The number of nitrogens with zero attached hydrogens (tertiary/aromatic N) is 4. The Hall–Kier alpha value is -6.51. The summed E-state index contributed by atoms with van der Waals surface area (Å²) in [6, 6.07) is 57.7. The highest BCUT2D eigenvalue weighted by atomic mass is 35.5. The molecule has 5 heterocycles. The molecule has 1 fully saturated rings. The molecule has 0 N–H and O–H groups in total. The van der Waals surface area contributed by atoms with Crippen molar-refractivity contribution in [2.75, 3.05) is 0 Å². The molecule has 0 amide bonds. The van der Waals surface area contributed by atoms with Crippen LogP contribution in [0.3, 0.4) is 0 Å². The molecule has 0 aliphatic carbocycles. The third-order valence-corrected chi connectivity index (χ3v) is 13.0. The van der Waals surface area contributed by atoms with E-state index in [4.69, 9.17) is 26.4 Å². The van der Waals surface area contributed by atoms with Crippen LogP contribution in [0.2, 0.25) is 5.15 Å². The average molecular weight is 948 g/mol. The fourth-order valence-corrected chi connectivity index (χ4v) is 9.14. The number of para-hydroxylation sites is 4. The Labute approximate surface area is 425 Å². The van der Waals surface area contributed by atoms with Crippen molar-refractivity contribution in [1.82, 2.24) is 19.1 Å². The molecular weight excluding hydrogens is 879 g/mol. The molecule has 70 heavy (non-hydrogen) atoms. The first kappa shape index (κ1) is 43.5. The minimum Gasteiger partial charge on any atom is -0.399 e. The minimum atomic E-state index is -1.46. The van der Waals surface area contributed by atoms with E-state index in [1.165, 1.54) is 38.8 Å². The van der Waals surface area contributed by atoms with Crippen LogP contribution in [0, 0.1) is 10.8 Å². The molecule has 1 saturated heterocycles. The van der Waals surface area contributed by atoms with Gasteiger partial charge in [0.1, 0.15) is 5.15 Å². The Morgan fingerprint density at radius 1 is 0.500 bits per heavy atom. The van der Waals surface area contributed by atoms with Crippen molar-refractivity contribution in [2.24, 2.45) is 10.8 Å². The SMILES string of the molecule is CC1(C)OB(c2ccc3c4ccccc4n(-c4ccccc4)c3c2)OC1(C)C.[2H]C([2H])(c1ccnc(-c2ccc3c4ccccc4n(-c4ccccc4)c3c2)c1)C(C)(C)C.[2H]C([2H])(c1ccnc(Cl)c1)C(C)(C)C. The molecule has 0 saturated carbocycles. The van der Waals surface area contributed by atoms with Gasteiger partial charge in [0.2, 0.25) is 0 Å². The number of hydrogen-bond donors (Lipinski definition) is 0. The summed E-state index contributed by atoms with van der Waals surface area (Å²) < 4.78 is 50.5. The number of aromatic nitrogens is 4. The van der Waals surface area contributed by atoms with Crippen molar-refractivity contribution >= 4 is 67.8 Å². The second kappa shape index (κ2) is 19.4. The molecule has 354 valence electrons. The van der Waals surface area contributed by atoms with E-state index in [-0.39, 0.29) is 18.3 Å². The highest BCUT2D eigenvalue weighted by molar-refractivity contribution is 6.62. The van der Waals surface area contributed by atoms with Crippen molar-refractivity contribution in [3.63, 3.8) is 0 Å². The van der Waals surface area contributed by atoms with Crippen molar-refractivity contribution in [2.45, 2.75) is 93.2 Å². The van der Waals surface area contributed by atoms with Gasteiger partial charge in [-0.3, -0.25) is 4.98 Å². The maximum absolute atomic E-state index is 8.66. The van der Waals surface area contributed by atoms with Gasteiger partial charge in [-0.15, -0.1) is 0 Å². The fraction of sp³-hybridized carbons (Fsp3) is 0.258. The first-order valence-corrected chi connectivity index (χ1v) is 24.4. The lowest BCUT2D eigenvalue weighted by Gasteiger charge is -2.32. The van der Waals surface area contributed by atoms with Crippen LogP contribution in [0.4, 0.5) is 0 Å². The third-order valence-electron chi connectivity index (χ3n) is 12.7. The summed E-state index contributed by atoms with van der Waals surface area (Å²) in [6.45, 7) is 19.7. The van der Waals surface area contributed by atoms with Gasteiger partial charge >= 0.3 is 7.12 Å². The summed E-state index contributed by atoms with van der Waals surface area (Å²) in [5.74, 6) is 0. The maximum atomic E-state index is 8.66. The summed E-state index contributed by atoms with van der Waals surface area (Å²) in [5.41, 5.74) is 9.26. The van der Waals surface area contributed by atoms with E-state index < -0.39 is 23.6 Å². The summed E-state index contributed by atoms with van der Waals surface area (Å²) in [7, 11) is -0.364. The van der Waals surface area contributed by atoms with Crippen LogP contribution in [-0.2, 0) is 22.1 Å². The Balaban J connectivity index is 0.000000146. The number of hydrogen-bond acceptors (Lipinski definition) is 4. The van der Waals surface area contributed by atoms with Gasteiger partial charge in [-0.1, -0.05) is 150 Å². The molecule has 0 atom stereocenters. The number of halogens is 1. The van der Waals surface area contributed by atoms with Crippen LogP contribution in [0.15, 0.2) is 182 Å². The topological polar surface area (TPSA) is 54.1 Å². The van der Waals surface area contributed by atoms with Crippen LogP contribution in [0.25, 0.3) is 66.2 Å². The fourth-order valence-electron chi connectivity index (χ4n) is 8.97. The zero-order chi connectivity index (χ0) is 53.0. The highest BCUT2D eigenvalue weighted by Gasteiger charge is 2.51. The van der Waals surface area contributed by atoms with Gasteiger partial charge in [0.05, 0.1) is 39.0 Å². The van der Waals surface area contributed by atoms with Crippen LogP contribution in [0.1, 0.15) is 85.8 Å². The van der Waals surface area contributed by atoms with Crippen LogP contribution in [-0.4, -0.2) is 37.4 Å². The molecule has 0 bridgehead atoms. The maximum Gasteiger partial charge on any atom is 0.494 e. The van der Waals surface area contributed by atoms with Crippen LogP contribution in [0.5, 0.6) is 0 Å². The number of rotatable bonds is 6. The monoisotopic (exact) mass is 947 g/mol. The number of pyridine rings is 2. The molecule has 8 heteroatoms. The van der Waals surface area contributed by atoms with Gasteiger partial charge in [-0.05, 0) is 141 Å². The molecule has 10 aromatic rings. The standard InChI is InChI=1S/C28H26N2.C24H24BNO2.C10H14ClN/c1-28(2,3)19-20-15-16-29-25(17-20)21-13-14-24-23-11-7-8-12-26(23)30(27(24)18-21)22-9-5-4-6-10-22;1-23(2)24(3,4)28-25(27-23)17-14-15-20-19-12-8-9-13-21(19)26(22(20)16-17)18-10-6-5-7-11-18;1-10(2,3)7-8-4-5-12-9(11)6-8/h4-18H,19H2,1-3H3;5-16H,1-4H3;4-6H,7H2,1-3H3/i19D2;;7D2. The molecule has 0 spiro atoms. The Morgan fingerprint density at radius 3 is 1.46 bits per heavy atom. The van der Waals surface area contributed by atoms with Gasteiger partial charge in [-0.2, -0.15) is 0 Å². The van der Waals surface area contributed by atoms with Crippen molar-refractivity contribution < 1.29 is 14.8 Å². The van der Waals surface area contributed by atoms with Gasteiger partial charge in [0.15, 0.2) is 0 Å². The van der Waals surface area contributed by atoms with Crippen molar-refractivity contribution in [3.05, 3.63) is 199 Å². The lowest BCUT2D eigenvalue weighted by Crippen LogP contribution is -2.41. The van der Waals surface area contributed by atoms with E-state index in [1.54, 1.807) is 24.4 Å². The van der Waals surface area contributed by atoms with Crippen molar-refractivity contribution in [1.29, 1.82) is 0 Å². The quantitative estimate of drug-likeness (QED) is 0.123. The normalized spacial score (nSPS) is 15.7. The van der Waals surface area contributed by atoms with E-state index in [0.717, 1.165) is 39.1 Å². The van der Waals surface area contributed by atoms with E-state index in [0.29, 0.717) is 16.3 Å². The summed E-state index contributed by atoms with van der Waals surface area (Å²) in [5, 5.41) is 5.22. The molecule has 1 aliphatic rings. The van der Waals surface area contributed by atoms with E-state index in [2.05, 4.69) is 180 Å². The molecule has 4 aromatic heterocycles. The summed E-state index contributed by atoms with van der Waals surface area (Å²) >= 11 is 5.72. The third kappa shape index (κ3) is 10.5. The molecule has 1 aliphatic heterocycles. The average Bonchev–Trinajstić information content (AvgIpc) is 3.96. The molecule has 0 radical (unpaired) electrons. The van der Waals surface area contributed by atoms with E-state index >= 15 is 0 Å². The predicted molar refractivity (Wildman–Crippen MR) is 296 cm³/mol. The second-order valence-electron chi connectivity index (χ2n) is 21.0. The molecule has 0 unspecified atom stereocenters. The van der Waals surface area contributed by atoms with Gasteiger partial charge in [-0.25, -0.2) is 4.98 Å². The number of fused-ring (bicyclic) bond motifs is 6. The summed E-state index contributed by atoms with van der Waals surface area (Å²) in [6.07, 6.45) is 0.375. The minimum absolute atomic E-state index is 0.329. The Morgan fingerprint density at radius 2 is 0.943 bits per heavy atom. The van der Waals surface area contributed by atoms with E-state index in [1.807, 2.05) is 59.7 Å². The van der Waals surface area contributed by atoms with Gasteiger partial charge < -0.3 is 18.4 Å². The number of benzene rings is 6. The Bertz CT molecular complexity index is 3620. The predicted octanol–water partition coefficient (Wildman–Crippen LogP) is 15.8. The van der Waals surface area contributed by atoms with Crippen LogP contribution < -0.4 is 5.46 Å². The van der Waals surface area contributed by atoms with Crippen LogP contribution >= 0.6 is 11.6 Å². The van der Waals surface area contributed by atoms with E-state index in [9.17, 15) is 0 Å². The largest absolute Gasteiger partial charge is 0.494 e. The molecular formula is C62H64BClN4O2. The summed E-state index contributed by atoms with van der Waals surface area (Å²) in [4.78, 5) is 8.43. The van der Waals surface area contributed by atoms with Gasteiger partial charge in [0, 0.05) is 56.4 Å². The zero-order valence-corrected chi connectivity index (χ0v) is 42.6. The first-order chi connectivity index (χ1) is 34.9. The van der Waals surface area contributed by atoms with Crippen molar-refractivity contribution in [3.8, 4) is 22.6 Å². The molecule has 6 nitrogen and oxygen atoms in total.